The van der Waals surface area contributed by atoms with Crippen LogP contribution in [-0.4, -0.2) is 44.6 Å². The summed E-state index contributed by atoms with van der Waals surface area (Å²) in [6, 6.07) is 10.6. The van der Waals surface area contributed by atoms with Crippen LogP contribution in [0.25, 0.3) is 0 Å². The molecule has 0 aliphatic carbocycles. The third-order valence-corrected chi connectivity index (χ3v) is 3.51. The molecule has 0 fully saturated rings. The van der Waals surface area contributed by atoms with Crippen molar-refractivity contribution in [2.45, 2.75) is 24.8 Å². The quantitative estimate of drug-likeness (QED) is 0.334. The Balaban J connectivity index is 2.34. The summed E-state index contributed by atoms with van der Waals surface area (Å²) in [6.45, 7) is 6.46. The van der Waals surface area contributed by atoms with E-state index < -0.39 is 0 Å². The van der Waals surface area contributed by atoms with E-state index in [0.29, 0.717) is 6.61 Å². The number of thioether (sulfide) groups is 1. The van der Waals surface area contributed by atoms with Gasteiger partial charge >= 0.3 is 0 Å². The first-order valence-electron chi connectivity index (χ1n) is 6.98. The molecule has 0 aromatic heterocycles. The highest BCUT2D eigenvalue weighted by Gasteiger charge is 2.03. The molecule has 0 spiro atoms. The highest BCUT2D eigenvalue weighted by Crippen LogP contribution is 2.16. The lowest BCUT2D eigenvalue weighted by molar-refractivity contribution is 0.179. The highest BCUT2D eigenvalue weighted by molar-refractivity contribution is 7.99. The fraction of sp³-hybridized carbons (Fsp3) is 0.533. The molecule has 0 heterocycles. The normalized spacial score (nSPS) is 13.1. The van der Waals surface area contributed by atoms with Crippen molar-refractivity contribution < 1.29 is 4.74 Å². The summed E-state index contributed by atoms with van der Waals surface area (Å²) >= 11 is 1.82. The summed E-state index contributed by atoms with van der Waals surface area (Å²) in [5, 5.41) is 6.57. The molecule has 1 atom stereocenters. The molecule has 1 rings (SSSR count). The van der Waals surface area contributed by atoms with Gasteiger partial charge in [0.05, 0.1) is 13.2 Å². The van der Waals surface area contributed by atoms with Gasteiger partial charge < -0.3 is 15.4 Å². The van der Waals surface area contributed by atoms with Crippen LogP contribution in [0.3, 0.4) is 0 Å². The van der Waals surface area contributed by atoms with Crippen LogP contribution < -0.4 is 10.6 Å². The SMILES string of the molecule is CCNC(=NCCSc1ccccc1)NC(C)COC. The zero-order valence-electron chi connectivity index (χ0n) is 12.6. The van der Waals surface area contributed by atoms with Crippen LogP contribution >= 0.6 is 11.8 Å². The smallest absolute Gasteiger partial charge is 0.191 e. The summed E-state index contributed by atoms with van der Waals surface area (Å²) < 4.78 is 5.12. The summed E-state index contributed by atoms with van der Waals surface area (Å²) in [5.41, 5.74) is 0. The Morgan fingerprint density at radius 3 is 2.75 bits per heavy atom. The van der Waals surface area contributed by atoms with Crippen molar-refractivity contribution in [3.63, 3.8) is 0 Å². The minimum absolute atomic E-state index is 0.250. The number of hydrogen-bond donors (Lipinski definition) is 2. The molecule has 1 aromatic rings. The summed E-state index contributed by atoms with van der Waals surface area (Å²) in [7, 11) is 1.71. The maximum absolute atomic E-state index is 5.12. The number of guanidine groups is 1. The van der Waals surface area contributed by atoms with Gasteiger partial charge in [-0.05, 0) is 26.0 Å². The molecule has 0 saturated carbocycles. The Kier molecular flexibility index (Phi) is 8.91. The number of rotatable bonds is 8. The topological polar surface area (TPSA) is 45.7 Å². The molecule has 0 radical (unpaired) electrons. The number of benzene rings is 1. The van der Waals surface area contributed by atoms with Crippen molar-refractivity contribution in [1.29, 1.82) is 0 Å². The van der Waals surface area contributed by atoms with E-state index in [1.165, 1.54) is 4.90 Å². The molecule has 1 unspecified atom stereocenters. The molecule has 0 aliphatic rings. The van der Waals surface area contributed by atoms with E-state index in [4.69, 9.17) is 4.74 Å². The maximum Gasteiger partial charge on any atom is 0.191 e. The molecule has 0 saturated heterocycles. The van der Waals surface area contributed by atoms with Crippen molar-refractivity contribution in [1.82, 2.24) is 10.6 Å². The van der Waals surface area contributed by atoms with E-state index in [9.17, 15) is 0 Å². The van der Waals surface area contributed by atoms with E-state index in [2.05, 4.69) is 53.7 Å². The summed E-state index contributed by atoms with van der Waals surface area (Å²) in [5.74, 6) is 1.82. The lowest BCUT2D eigenvalue weighted by Crippen LogP contribution is -2.44. The third kappa shape index (κ3) is 7.40. The van der Waals surface area contributed by atoms with Gasteiger partial charge in [-0.1, -0.05) is 18.2 Å². The van der Waals surface area contributed by atoms with Crippen LogP contribution in [0.15, 0.2) is 40.2 Å². The first kappa shape index (κ1) is 16.9. The number of nitrogens with zero attached hydrogens (tertiary/aromatic N) is 1. The minimum Gasteiger partial charge on any atom is -0.383 e. The van der Waals surface area contributed by atoms with Crippen LogP contribution in [0.5, 0.6) is 0 Å². The summed E-state index contributed by atoms with van der Waals surface area (Å²) in [6.07, 6.45) is 0. The predicted molar refractivity (Wildman–Crippen MR) is 87.6 cm³/mol. The van der Waals surface area contributed by atoms with E-state index in [1.807, 2.05) is 17.8 Å². The first-order valence-corrected chi connectivity index (χ1v) is 7.96. The van der Waals surface area contributed by atoms with Crippen molar-refractivity contribution in [2.75, 3.05) is 32.6 Å². The Morgan fingerprint density at radius 1 is 1.35 bits per heavy atom. The van der Waals surface area contributed by atoms with Gasteiger partial charge in [-0.25, -0.2) is 0 Å². The Morgan fingerprint density at radius 2 is 2.10 bits per heavy atom. The van der Waals surface area contributed by atoms with Crippen LogP contribution in [0.2, 0.25) is 0 Å². The average Bonchev–Trinajstić information content (AvgIpc) is 2.45. The van der Waals surface area contributed by atoms with Crippen LogP contribution in [0.1, 0.15) is 13.8 Å². The van der Waals surface area contributed by atoms with Gasteiger partial charge in [0.2, 0.25) is 0 Å². The van der Waals surface area contributed by atoms with Crippen LogP contribution in [0, 0.1) is 0 Å². The van der Waals surface area contributed by atoms with E-state index in [1.54, 1.807) is 7.11 Å². The molecule has 2 N–H and O–H groups in total. The van der Waals surface area contributed by atoms with Gasteiger partial charge in [0.1, 0.15) is 0 Å². The fourth-order valence-corrected chi connectivity index (χ4v) is 2.45. The van der Waals surface area contributed by atoms with Gasteiger partial charge in [-0.2, -0.15) is 0 Å². The van der Waals surface area contributed by atoms with Crippen molar-refractivity contribution in [3.8, 4) is 0 Å². The third-order valence-electron chi connectivity index (χ3n) is 2.52. The lowest BCUT2D eigenvalue weighted by Gasteiger charge is -2.16. The summed E-state index contributed by atoms with van der Waals surface area (Å²) in [4.78, 5) is 5.85. The monoisotopic (exact) mass is 295 g/mol. The van der Waals surface area contributed by atoms with E-state index in [0.717, 1.165) is 24.8 Å². The van der Waals surface area contributed by atoms with Crippen LogP contribution in [-0.2, 0) is 4.74 Å². The zero-order valence-corrected chi connectivity index (χ0v) is 13.4. The standard InChI is InChI=1S/C15H25N3OS/c1-4-16-15(18-13(2)12-19-3)17-10-11-20-14-8-6-5-7-9-14/h5-9,13H,4,10-12H2,1-3H3,(H2,16,17,18). The van der Waals surface area contributed by atoms with E-state index >= 15 is 0 Å². The molecule has 0 aliphatic heterocycles. The second-order valence-corrected chi connectivity index (χ2v) is 5.59. The minimum atomic E-state index is 0.250. The Bertz CT molecular complexity index is 384. The van der Waals surface area contributed by atoms with Gasteiger partial charge in [0, 0.05) is 30.3 Å². The van der Waals surface area contributed by atoms with Crippen molar-refractivity contribution >= 4 is 17.7 Å². The second kappa shape index (κ2) is 10.6. The predicted octanol–water partition coefficient (Wildman–Crippen LogP) is 2.37. The maximum atomic E-state index is 5.12. The molecule has 5 heteroatoms. The first-order chi connectivity index (χ1) is 9.76. The van der Waals surface area contributed by atoms with Crippen LogP contribution in [0.4, 0.5) is 0 Å². The number of ether oxygens (including phenoxy) is 1. The zero-order chi connectivity index (χ0) is 14.6. The Labute approximate surface area is 126 Å². The molecule has 20 heavy (non-hydrogen) atoms. The van der Waals surface area contributed by atoms with E-state index in [-0.39, 0.29) is 6.04 Å². The Hall–Kier alpha value is -1.20. The van der Waals surface area contributed by atoms with Crippen molar-refractivity contribution in [2.24, 2.45) is 4.99 Å². The fourth-order valence-electron chi connectivity index (χ4n) is 1.68. The molecule has 112 valence electrons. The highest BCUT2D eigenvalue weighted by atomic mass is 32.2. The molecular formula is C15H25N3OS. The molecule has 0 bridgehead atoms. The van der Waals surface area contributed by atoms with Crippen molar-refractivity contribution in [3.05, 3.63) is 30.3 Å². The van der Waals surface area contributed by atoms with Gasteiger partial charge in [-0.3, -0.25) is 4.99 Å². The second-order valence-electron chi connectivity index (χ2n) is 4.42. The number of methoxy groups -OCH3 is 1. The molecular weight excluding hydrogens is 270 g/mol. The number of hydrogen-bond acceptors (Lipinski definition) is 3. The van der Waals surface area contributed by atoms with Gasteiger partial charge in [0.15, 0.2) is 5.96 Å². The number of nitrogens with one attached hydrogen (secondary N) is 2. The lowest BCUT2D eigenvalue weighted by atomic mass is 10.4. The van der Waals surface area contributed by atoms with Gasteiger partial charge in [-0.15, -0.1) is 11.8 Å². The molecule has 1 aromatic carbocycles. The van der Waals surface area contributed by atoms with Gasteiger partial charge in [0.25, 0.3) is 0 Å². The largest absolute Gasteiger partial charge is 0.383 e. The number of aliphatic imine (C=N–C) groups is 1. The molecule has 0 amide bonds. The molecule has 4 nitrogen and oxygen atoms in total. The average molecular weight is 295 g/mol.